The molecule has 0 aliphatic heterocycles. The van der Waals surface area contributed by atoms with E-state index in [2.05, 4.69) is 6.58 Å². The molecule has 5 heteroatoms. The minimum absolute atomic E-state index is 0.232. The van der Waals surface area contributed by atoms with Gasteiger partial charge in [-0.2, -0.15) is 0 Å². The minimum atomic E-state index is -0.535. The van der Waals surface area contributed by atoms with E-state index in [-0.39, 0.29) is 13.2 Å². The van der Waals surface area contributed by atoms with Crippen molar-refractivity contribution in [2.45, 2.75) is 13.8 Å². The molecule has 0 aromatic heterocycles. The second-order valence-corrected chi connectivity index (χ2v) is 2.97. The molecule has 0 radical (unpaired) electrons. The first-order valence-electron chi connectivity index (χ1n) is 4.77. The van der Waals surface area contributed by atoms with Gasteiger partial charge in [0.1, 0.15) is 12.8 Å². The first kappa shape index (κ1) is 14.1. The number of ether oxygens (including phenoxy) is 1. The van der Waals surface area contributed by atoms with E-state index in [0.717, 1.165) is 11.0 Å². The Labute approximate surface area is 94.4 Å². The lowest BCUT2D eigenvalue weighted by Gasteiger charge is -2.15. The highest BCUT2D eigenvalue weighted by molar-refractivity contribution is 5.91. The van der Waals surface area contributed by atoms with E-state index >= 15 is 0 Å². The van der Waals surface area contributed by atoms with Gasteiger partial charge < -0.3 is 9.64 Å². The Morgan fingerprint density at radius 2 is 2.06 bits per heavy atom. The van der Waals surface area contributed by atoms with Gasteiger partial charge >= 0.3 is 5.97 Å². The van der Waals surface area contributed by atoms with Gasteiger partial charge in [0, 0.05) is 11.8 Å². The molecule has 16 heavy (non-hydrogen) atoms. The maximum absolute atomic E-state index is 11.3. The van der Waals surface area contributed by atoms with E-state index in [1.165, 1.54) is 13.1 Å². The molecule has 0 unspecified atom stereocenters. The molecule has 0 aromatic carbocycles. The van der Waals surface area contributed by atoms with Crippen molar-refractivity contribution in [3.63, 3.8) is 0 Å². The minimum Gasteiger partial charge on any atom is -0.465 e. The normalized spacial score (nSPS) is 10.5. The standard InChI is InChI=1S/C11H15NO4/c1-4-10(14)12(6-9(3)8-13)7-11(15)16-5-2/h4,6,8H,1,5,7H2,2-3H3/b9-6+. The third-order valence-electron chi connectivity index (χ3n) is 1.61. The number of esters is 1. The van der Waals surface area contributed by atoms with Crippen LogP contribution >= 0.6 is 0 Å². The van der Waals surface area contributed by atoms with Gasteiger partial charge in [-0.3, -0.25) is 14.4 Å². The molecule has 0 saturated carbocycles. The van der Waals surface area contributed by atoms with Crippen LogP contribution in [0.1, 0.15) is 13.8 Å². The lowest BCUT2D eigenvalue weighted by Crippen LogP contribution is -2.31. The van der Waals surface area contributed by atoms with Crippen LogP contribution < -0.4 is 0 Å². The molecule has 0 atom stereocenters. The Morgan fingerprint density at radius 1 is 1.44 bits per heavy atom. The molecule has 1 amide bonds. The number of hydrogen-bond acceptors (Lipinski definition) is 4. The molecule has 0 bridgehead atoms. The van der Waals surface area contributed by atoms with Crippen LogP contribution in [0, 0.1) is 0 Å². The third-order valence-corrected chi connectivity index (χ3v) is 1.61. The third kappa shape index (κ3) is 5.09. The zero-order valence-corrected chi connectivity index (χ0v) is 9.43. The predicted octanol–water partition coefficient (Wildman–Crippen LogP) is 0.667. The number of carbonyl (C=O) groups is 3. The number of hydrogen-bond donors (Lipinski definition) is 0. The van der Waals surface area contributed by atoms with Gasteiger partial charge in [0.05, 0.1) is 6.61 Å². The van der Waals surface area contributed by atoms with Crippen molar-refractivity contribution in [2.75, 3.05) is 13.2 Å². The van der Waals surface area contributed by atoms with Crippen molar-refractivity contribution < 1.29 is 19.1 Å². The molecule has 0 aliphatic rings. The summed E-state index contributed by atoms with van der Waals surface area (Å²) in [4.78, 5) is 34.0. The number of amides is 1. The highest BCUT2D eigenvalue weighted by atomic mass is 16.5. The number of allylic oxidation sites excluding steroid dienone is 1. The summed E-state index contributed by atoms with van der Waals surface area (Å²) in [5.41, 5.74) is 0.333. The average Bonchev–Trinajstić information content (AvgIpc) is 2.27. The summed E-state index contributed by atoms with van der Waals surface area (Å²) in [5.74, 6) is -0.998. The molecule has 0 N–H and O–H groups in total. The van der Waals surface area contributed by atoms with Crippen LogP contribution in [0.3, 0.4) is 0 Å². The zero-order chi connectivity index (χ0) is 12.6. The van der Waals surface area contributed by atoms with Gasteiger partial charge in [-0.25, -0.2) is 0 Å². The highest BCUT2D eigenvalue weighted by Crippen LogP contribution is 1.98. The smallest absolute Gasteiger partial charge is 0.326 e. The molecule has 0 fully saturated rings. The Bertz CT molecular complexity index is 320. The fourth-order valence-electron chi connectivity index (χ4n) is 0.926. The summed E-state index contributed by atoms with van der Waals surface area (Å²) in [6.45, 7) is 6.52. The molecule has 5 nitrogen and oxygen atoms in total. The molecule has 0 heterocycles. The molecular weight excluding hydrogens is 210 g/mol. The van der Waals surface area contributed by atoms with Crippen LogP contribution in [-0.2, 0) is 19.1 Å². The summed E-state index contributed by atoms with van der Waals surface area (Å²) < 4.78 is 4.70. The molecule has 0 aromatic rings. The van der Waals surface area contributed by atoms with E-state index in [1.807, 2.05) is 0 Å². The summed E-state index contributed by atoms with van der Waals surface area (Å²) >= 11 is 0. The zero-order valence-electron chi connectivity index (χ0n) is 9.43. The van der Waals surface area contributed by atoms with Crippen LogP contribution in [-0.4, -0.2) is 36.2 Å². The largest absolute Gasteiger partial charge is 0.465 e. The summed E-state index contributed by atoms with van der Waals surface area (Å²) in [6.07, 6.45) is 2.94. The van der Waals surface area contributed by atoms with Gasteiger partial charge in [-0.1, -0.05) is 6.58 Å². The van der Waals surface area contributed by atoms with Gasteiger partial charge in [0.25, 0.3) is 0 Å². The lowest BCUT2D eigenvalue weighted by molar-refractivity contribution is -0.146. The number of aldehydes is 1. The molecule has 0 spiro atoms. The molecule has 0 aliphatic carbocycles. The van der Waals surface area contributed by atoms with Gasteiger partial charge in [0.15, 0.2) is 0 Å². The van der Waals surface area contributed by atoms with Crippen molar-refractivity contribution in [2.24, 2.45) is 0 Å². The fraction of sp³-hybridized carbons (Fsp3) is 0.364. The Morgan fingerprint density at radius 3 is 2.50 bits per heavy atom. The average molecular weight is 225 g/mol. The Hall–Kier alpha value is -1.91. The molecule has 0 saturated heterocycles. The number of rotatable bonds is 6. The van der Waals surface area contributed by atoms with E-state index < -0.39 is 11.9 Å². The first-order chi connectivity index (χ1) is 7.54. The van der Waals surface area contributed by atoms with Crippen LogP contribution in [0.2, 0.25) is 0 Å². The van der Waals surface area contributed by atoms with E-state index in [1.54, 1.807) is 6.92 Å². The predicted molar refractivity (Wildman–Crippen MR) is 58.4 cm³/mol. The SMILES string of the molecule is C=CC(=O)N(/C=C(\C)C=O)CC(=O)OCC. The second kappa shape index (κ2) is 7.39. The van der Waals surface area contributed by atoms with Crippen LogP contribution in [0.25, 0.3) is 0 Å². The Balaban J connectivity index is 4.68. The quantitative estimate of drug-likeness (QED) is 0.378. The fourth-order valence-corrected chi connectivity index (χ4v) is 0.926. The van der Waals surface area contributed by atoms with Crippen molar-refractivity contribution >= 4 is 18.2 Å². The highest BCUT2D eigenvalue weighted by Gasteiger charge is 2.13. The second-order valence-electron chi connectivity index (χ2n) is 2.97. The monoisotopic (exact) mass is 225 g/mol. The number of nitrogens with zero attached hydrogens (tertiary/aromatic N) is 1. The van der Waals surface area contributed by atoms with E-state index in [9.17, 15) is 14.4 Å². The molecule has 0 rings (SSSR count). The molecular formula is C11H15NO4. The van der Waals surface area contributed by atoms with Crippen LogP contribution in [0.15, 0.2) is 24.4 Å². The van der Waals surface area contributed by atoms with Crippen molar-refractivity contribution in [3.8, 4) is 0 Å². The lowest BCUT2D eigenvalue weighted by atomic mass is 10.3. The molecule has 88 valence electrons. The van der Waals surface area contributed by atoms with Gasteiger partial charge in [-0.05, 0) is 19.9 Å². The van der Waals surface area contributed by atoms with Gasteiger partial charge in [-0.15, -0.1) is 0 Å². The summed E-state index contributed by atoms with van der Waals surface area (Å²) in [6, 6.07) is 0. The van der Waals surface area contributed by atoms with Crippen molar-refractivity contribution in [1.29, 1.82) is 0 Å². The summed E-state index contributed by atoms with van der Waals surface area (Å²) in [5, 5.41) is 0. The van der Waals surface area contributed by atoms with Crippen LogP contribution in [0.5, 0.6) is 0 Å². The van der Waals surface area contributed by atoms with Crippen molar-refractivity contribution in [1.82, 2.24) is 4.90 Å². The van der Waals surface area contributed by atoms with E-state index in [4.69, 9.17) is 4.74 Å². The van der Waals surface area contributed by atoms with Gasteiger partial charge in [0.2, 0.25) is 5.91 Å². The topological polar surface area (TPSA) is 63.7 Å². The van der Waals surface area contributed by atoms with Crippen LogP contribution in [0.4, 0.5) is 0 Å². The first-order valence-corrected chi connectivity index (χ1v) is 4.77. The van der Waals surface area contributed by atoms with Crippen molar-refractivity contribution in [3.05, 3.63) is 24.4 Å². The number of carbonyl (C=O) groups excluding carboxylic acids is 3. The maximum atomic E-state index is 11.3. The Kier molecular flexibility index (Phi) is 6.51. The maximum Gasteiger partial charge on any atom is 0.326 e. The summed E-state index contributed by atoms with van der Waals surface area (Å²) in [7, 11) is 0. The van der Waals surface area contributed by atoms with E-state index in [0.29, 0.717) is 11.9 Å².